The van der Waals surface area contributed by atoms with E-state index in [0.29, 0.717) is 38.5 Å². The van der Waals surface area contributed by atoms with E-state index in [-0.39, 0.29) is 44.4 Å². The number of ether oxygens (including phenoxy) is 1. The van der Waals surface area contributed by atoms with Crippen molar-refractivity contribution in [3.8, 4) is 0 Å². The van der Waals surface area contributed by atoms with E-state index >= 15 is 4.39 Å². The van der Waals surface area contributed by atoms with Crippen molar-refractivity contribution in [3.05, 3.63) is 32.0 Å². The maximum Gasteiger partial charge on any atom is 0.348 e. The van der Waals surface area contributed by atoms with Gasteiger partial charge in [-0.25, -0.2) is 14.2 Å². The number of anilines is 1. The number of hydrogen-bond acceptors (Lipinski definition) is 7. The molecular weight excluding hydrogens is 512 g/mol. The second kappa shape index (κ2) is 10.1. The zero-order chi connectivity index (χ0) is 24.6. The number of carbonyl (C=O) groups excluding carboxylic acids is 2. The first kappa shape index (κ1) is 24.7. The summed E-state index contributed by atoms with van der Waals surface area (Å²) in [5.41, 5.74) is 0.439. The second-order valence-corrected chi connectivity index (χ2v) is 9.70. The van der Waals surface area contributed by atoms with Crippen molar-refractivity contribution in [3.63, 3.8) is 0 Å². The third-order valence-corrected chi connectivity index (χ3v) is 7.77. The van der Waals surface area contributed by atoms with Crippen LogP contribution < -0.4 is 10.2 Å². The number of H-pyrrole nitrogens is 1. The zero-order valence-electron chi connectivity index (χ0n) is 18.1. The van der Waals surface area contributed by atoms with Crippen molar-refractivity contribution in [1.29, 1.82) is 0 Å². The Morgan fingerprint density at radius 3 is 2.53 bits per heavy atom. The van der Waals surface area contributed by atoms with Gasteiger partial charge in [-0.05, 0) is 13.3 Å². The fourth-order valence-electron chi connectivity index (χ4n) is 3.86. The number of nitrogens with one attached hydrogen (secondary N) is 2. The van der Waals surface area contributed by atoms with Gasteiger partial charge in [0.05, 0.1) is 35.8 Å². The van der Waals surface area contributed by atoms with Crippen molar-refractivity contribution in [2.24, 2.45) is 0 Å². The molecule has 4 rings (SSSR count). The molecule has 3 N–H and O–H groups in total. The lowest BCUT2D eigenvalue weighted by Gasteiger charge is -2.34. The molecule has 0 aromatic carbocycles. The van der Waals surface area contributed by atoms with Crippen LogP contribution in [0.5, 0.6) is 0 Å². The molecule has 2 aliphatic rings. The van der Waals surface area contributed by atoms with Crippen molar-refractivity contribution in [1.82, 2.24) is 20.2 Å². The molecule has 0 aliphatic carbocycles. The van der Waals surface area contributed by atoms with Gasteiger partial charge >= 0.3 is 5.97 Å². The van der Waals surface area contributed by atoms with Gasteiger partial charge in [0.2, 0.25) is 0 Å². The number of piperidine rings is 1. The fraction of sp³-hybridized carbons (Fsp3) is 0.500. The number of amides is 2. The van der Waals surface area contributed by atoms with Crippen molar-refractivity contribution in [2.75, 3.05) is 44.3 Å². The Hall–Kier alpha value is -2.41. The number of nitrogens with zero attached hydrogens (tertiary/aromatic N) is 3. The zero-order valence-corrected chi connectivity index (χ0v) is 20.4. The van der Waals surface area contributed by atoms with Gasteiger partial charge in [0.25, 0.3) is 11.8 Å². The Bertz CT molecular complexity index is 1120. The number of morpholine rings is 1. The van der Waals surface area contributed by atoms with Crippen molar-refractivity contribution >= 4 is 57.5 Å². The molecule has 184 valence electrons. The van der Waals surface area contributed by atoms with Gasteiger partial charge in [-0.2, -0.15) is 0 Å². The standard InChI is InChI=1S/C20H22Cl2FN5O5S/c1-9-12(21)13(22)14(24-9)17(29)25-11-2-3-28(8-10(11)23)20-26-15(16(34-20)19(31)32)18(30)27-4-6-33-7-5-27/h10-11,24H,2-8H2,1H3,(H,25,29)(H,31,32)/t10-,11+/m0/s1. The molecule has 4 heterocycles. The number of thiazole rings is 1. The van der Waals surface area contributed by atoms with Crippen LogP contribution in [0.25, 0.3) is 0 Å². The first-order valence-electron chi connectivity index (χ1n) is 10.5. The SMILES string of the molecule is Cc1[nH]c(C(=O)N[C@@H]2CCN(c3nc(C(=O)N4CCOCC4)c(C(=O)O)s3)C[C@@H]2F)c(Cl)c1Cl. The summed E-state index contributed by atoms with van der Waals surface area (Å²) in [4.78, 5) is 47.1. The molecule has 2 aromatic rings. The number of aromatic carboxylic acids is 1. The molecule has 2 aromatic heterocycles. The monoisotopic (exact) mass is 533 g/mol. The van der Waals surface area contributed by atoms with E-state index in [0.717, 1.165) is 11.3 Å². The number of carboxylic acids is 1. The molecule has 2 atom stereocenters. The first-order valence-corrected chi connectivity index (χ1v) is 12.1. The minimum atomic E-state index is -1.46. The molecule has 2 aliphatic heterocycles. The predicted molar refractivity (Wildman–Crippen MR) is 124 cm³/mol. The molecule has 0 radical (unpaired) electrons. The van der Waals surface area contributed by atoms with Gasteiger partial charge in [-0.15, -0.1) is 0 Å². The van der Waals surface area contributed by atoms with E-state index < -0.39 is 30.0 Å². The van der Waals surface area contributed by atoms with Gasteiger partial charge in [0, 0.05) is 25.3 Å². The largest absolute Gasteiger partial charge is 0.477 e. The lowest BCUT2D eigenvalue weighted by Crippen LogP contribution is -2.52. The molecule has 2 amide bonds. The van der Waals surface area contributed by atoms with Crippen LogP contribution in [0.3, 0.4) is 0 Å². The molecule has 0 spiro atoms. The van der Waals surface area contributed by atoms with Crippen LogP contribution >= 0.6 is 34.5 Å². The van der Waals surface area contributed by atoms with Gasteiger partial charge in [0.15, 0.2) is 10.8 Å². The fourth-order valence-corrected chi connectivity index (χ4v) is 5.21. The number of rotatable bonds is 5. The molecular formula is C20H22Cl2FN5O5S. The summed E-state index contributed by atoms with van der Waals surface area (Å²) in [6.45, 7) is 3.28. The molecule has 0 bridgehead atoms. The normalized spacial score (nSPS) is 20.9. The van der Waals surface area contributed by atoms with Crippen molar-refractivity contribution in [2.45, 2.75) is 25.6 Å². The summed E-state index contributed by atoms with van der Waals surface area (Å²) in [5, 5.41) is 12.8. The summed E-state index contributed by atoms with van der Waals surface area (Å²) in [6.07, 6.45) is -1.22. The number of carboxylic acid groups (broad SMARTS) is 1. The van der Waals surface area contributed by atoms with E-state index in [4.69, 9.17) is 27.9 Å². The summed E-state index contributed by atoms with van der Waals surface area (Å²) < 4.78 is 20.2. The van der Waals surface area contributed by atoms with E-state index in [1.807, 2.05) is 0 Å². The Morgan fingerprint density at radius 1 is 1.24 bits per heavy atom. The molecule has 0 saturated carbocycles. The molecule has 34 heavy (non-hydrogen) atoms. The van der Waals surface area contributed by atoms with Crippen LogP contribution in [-0.4, -0.2) is 89.4 Å². The van der Waals surface area contributed by atoms with Gasteiger partial charge in [-0.1, -0.05) is 34.5 Å². The summed E-state index contributed by atoms with van der Waals surface area (Å²) in [7, 11) is 0. The summed E-state index contributed by atoms with van der Waals surface area (Å²) >= 11 is 12.9. The highest BCUT2D eigenvalue weighted by molar-refractivity contribution is 7.17. The highest BCUT2D eigenvalue weighted by Gasteiger charge is 2.35. The lowest BCUT2D eigenvalue weighted by atomic mass is 10.0. The average molecular weight is 534 g/mol. The van der Waals surface area contributed by atoms with Crippen LogP contribution in [0, 0.1) is 6.92 Å². The van der Waals surface area contributed by atoms with Crippen LogP contribution in [0.4, 0.5) is 9.52 Å². The van der Waals surface area contributed by atoms with Gasteiger partial charge < -0.3 is 29.9 Å². The van der Waals surface area contributed by atoms with E-state index in [1.54, 1.807) is 11.8 Å². The Labute approximate surface area is 208 Å². The van der Waals surface area contributed by atoms with E-state index in [1.165, 1.54) is 4.90 Å². The first-order chi connectivity index (χ1) is 16.2. The van der Waals surface area contributed by atoms with Crippen LogP contribution in [0.15, 0.2) is 0 Å². The number of alkyl halides is 1. The third kappa shape index (κ3) is 4.85. The van der Waals surface area contributed by atoms with E-state index in [9.17, 15) is 19.5 Å². The van der Waals surface area contributed by atoms with Crippen LogP contribution in [-0.2, 0) is 4.74 Å². The summed E-state index contributed by atoms with van der Waals surface area (Å²) in [5.74, 6) is -2.32. The number of carbonyl (C=O) groups is 3. The highest BCUT2D eigenvalue weighted by atomic mass is 35.5. The highest BCUT2D eigenvalue weighted by Crippen LogP contribution is 2.32. The third-order valence-electron chi connectivity index (χ3n) is 5.72. The molecule has 2 saturated heterocycles. The number of aryl methyl sites for hydroxylation is 1. The smallest absolute Gasteiger partial charge is 0.348 e. The maximum atomic E-state index is 15.0. The van der Waals surface area contributed by atoms with Crippen molar-refractivity contribution < 1.29 is 28.6 Å². The number of hydrogen-bond donors (Lipinski definition) is 3. The average Bonchev–Trinajstić information content (AvgIpc) is 3.38. The second-order valence-electron chi connectivity index (χ2n) is 7.97. The Balaban J connectivity index is 1.45. The Morgan fingerprint density at radius 2 is 1.94 bits per heavy atom. The number of halogens is 3. The topological polar surface area (TPSA) is 128 Å². The molecule has 10 nitrogen and oxygen atoms in total. The predicted octanol–water partition coefficient (Wildman–Crippen LogP) is 2.60. The maximum absolute atomic E-state index is 15.0. The molecule has 14 heteroatoms. The molecule has 0 unspecified atom stereocenters. The number of aromatic nitrogens is 2. The van der Waals surface area contributed by atoms with E-state index in [2.05, 4.69) is 15.3 Å². The minimum Gasteiger partial charge on any atom is -0.477 e. The van der Waals surface area contributed by atoms with Gasteiger partial charge in [-0.3, -0.25) is 9.59 Å². The quantitative estimate of drug-likeness (QED) is 0.538. The molecule has 2 fully saturated rings. The number of aromatic amines is 1. The van der Waals surface area contributed by atoms with Crippen LogP contribution in [0.1, 0.15) is 42.8 Å². The lowest BCUT2D eigenvalue weighted by molar-refractivity contribution is 0.0297. The van der Waals surface area contributed by atoms with Crippen LogP contribution in [0.2, 0.25) is 10.0 Å². The minimum absolute atomic E-state index is 0.0658. The Kier molecular flexibility index (Phi) is 7.31. The summed E-state index contributed by atoms with van der Waals surface area (Å²) in [6, 6.07) is -0.782. The van der Waals surface area contributed by atoms with Gasteiger partial charge in [0.1, 0.15) is 16.7 Å².